The van der Waals surface area contributed by atoms with E-state index in [9.17, 15) is 0 Å². The van der Waals surface area contributed by atoms with Gasteiger partial charge >= 0.3 is 0 Å². The van der Waals surface area contributed by atoms with Gasteiger partial charge in [0.2, 0.25) is 5.28 Å². The van der Waals surface area contributed by atoms with Crippen molar-refractivity contribution in [2.24, 2.45) is 5.92 Å². The molecule has 6 heteroatoms. The maximum absolute atomic E-state index is 9.12. The number of aryl methyl sites for hydroxylation is 1. The van der Waals surface area contributed by atoms with Gasteiger partial charge in [-0.2, -0.15) is 5.26 Å². The molecule has 0 bridgehead atoms. The smallest absolute Gasteiger partial charge is 0.224 e. The van der Waals surface area contributed by atoms with Gasteiger partial charge in [-0.15, -0.1) is 0 Å². The van der Waals surface area contributed by atoms with E-state index in [0.717, 1.165) is 50.5 Å². The number of piperidine rings is 1. The molecule has 0 saturated carbocycles. The zero-order chi connectivity index (χ0) is 20.7. The van der Waals surface area contributed by atoms with Gasteiger partial charge in [-0.25, -0.2) is 9.97 Å². The molecular weight excluding hydrogens is 394 g/mol. The van der Waals surface area contributed by atoms with Gasteiger partial charge in [0.1, 0.15) is 5.82 Å². The monoisotopic (exact) mass is 417 g/mol. The van der Waals surface area contributed by atoms with E-state index in [2.05, 4.69) is 69.2 Å². The van der Waals surface area contributed by atoms with Crippen molar-refractivity contribution in [3.05, 3.63) is 58.5 Å². The molecule has 0 N–H and O–H groups in total. The van der Waals surface area contributed by atoms with Gasteiger partial charge in [0.15, 0.2) is 0 Å². The van der Waals surface area contributed by atoms with Gasteiger partial charge in [-0.3, -0.25) is 0 Å². The standard InChI is InChI=1S/C24H24ClN5/c1-16-5-2-7-18-8-3-9-21(22(16)18)30-14-19-20(15-30)27-24(25)28-23(19)29-12-4-6-17(13-29)10-11-26/h2-3,5,7-9,17H,4,6,10,12-15H2,1H3/t17-/m0/s1. The number of benzene rings is 2. The number of halogens is 1. The summed E-state index contributed by atoms with van der Waals surface area (Å²) in [4.78, 5) is 13.9. The summed E-state index contributed by atoms with van der Waals surface area (Å²) in [6, 6.07) is 15.3. The zero-order valence-corrected chi connectivity index (χ0v) is 17.9. The van der Waals surface area contributed by atoms with Crippen LogP contribution in [0.25, 0.3) is 10.8 Å². The molecule has 1 saturated heterocycles. The van der Waals surface area contributed by atoms with Crippen molar-refractivity contribution >= 4 is 33.9 Å². The molecule has 2 aliphatic heterocycles. The molecule has 5 nitrogen and oxygen atoms in total. The lowest BCUT2D eigenvalue weighted by Crippen LogP contribution is -2.36. The van der Waals surface area contributed by atoms with Gasteiger partial charge in [0.05, 0.1) is 18.3 Å². The fourth-order valence-electron chi connectivity index (χ4n) is 4.96. The molecule has 152 valence electrons. The van der Waals surface area contributed by atoms with Crippen LogP contribution in [0, 0.1) is 24.2 Å². The van der Waals surface area contributed by atoms with Crippen LogP contribution >= 0.6 is 11.6 Å². The second-order valence-corrected chi connectivity index (χ2v) is 8.70. The molecule has 0 spiro atoms. The number of nitrogens with zero attached hydrogens (tertiary/aromatic N) is 5. The fourth-order valence-corrected chi connectivity index (χ4v) is 5.14. The van der Waals surface area contributed by atoms with Crippen molar-refractivity contribution in [3.8, 4) is 6.07 Å². The van der Waals surface area contributed by atoms with E-state index in [0.29, 0.717) is 17.6 Å². The summed E-state index contributed by atoms with van der Waals surface area (Å²) >= 11 is 6.34. The maximum Gasteiger partial charge on any atom is 0.224 e. The van der Waals surface area contributed by atoms with Gasteiger partial charge in [0.25, 0.3) is 0 Å². The van der Waals surface area contributed by atoms with E-state index in [1.54, 1.807) is 0 Å². The molecule has 30 heavy (non-hydrogen) atoms. The Labute approximate surface area is 181 Å². The molecule has 0 unspecified atom stereocenters. The third-order valence-electron chi connectivity index (χ3n) is 6.36. The molecule has 0 aliphatic carbocycles. The van der Waals surface area contributed by atoms with Crippen molar-refractivity contribution in [2.45, 2.75) is 39.3 Å². The molecule has 1 atom stereocenters. The number of hydrogen-bond donors (Lipinski definition) is 0. The first-order valence-corrected chi connectivity index (χ1v) is 10.9. The molecular formula is C24H24ClN5. The Morgan fingerprint density at radius 3 is 2.80 bits per heavy atom. The Bertz CT molecular complexity index is 1150. The molecule has 1 aromatic heterocycles. The van der Waals surface area contributed by atoms with E-state index in [-0.39, 0.29) is 0 Å². The average molecular weight is 418 g/mol. The highest BCUT2D eigenvalue weighted by atomic mass is 35.5. The van der Waals surface area contributed by atoms with Gasteiger partial charge in [-0.05, 0) is 54.3 Å². The molecule has 5 rings (SSSR count). The Kier molecular flexibility index (Phi) is 4.96. The summed E-state index contributed by atoms with van der Waals surface area (Å²) in [6.45, 7) is 5.48. The van der Waals surface area contributed by atoms with Crippen LogP contribution in [0.2, 0.25) is 5.28 Å². The Morgan fingerprint density at radius 1 is 1.13 bits per heavy atom. The van der Waals surface area contributed by atoms with E-state index >= 15 is 0 Å². The highest BCUT2D eigenvalue weighted by Crippen LogP contribution is 2.38. The predicted octanol–water partition coefficient (Wildman–Crippen LogP) is 5.24. The van der Waals surface area contributed by atoms with Crippen LogP contribution in [0.1, 0.15) is 36.1 Å². The number of rotatable bonds is 3. The number of fused-ring (bicyclic) bond motifs is 2. The molecule has 0 amide bonds. The first-order valence-electron chi connectivity index (χ1n) is 10.5. The lowest BCUT2D eigenvalue weighted by molar-refractivity contribution is 0.419. The first kappa shape index (κ1) is 19.1. The van der Waals surface area contributed by atoms with Crippen molar-refractivity contribution in [3.63, 3.8) is 0 Å². The van der Waals surface area contributed by atoms with Crippen LogP contribution < -0.4 is 9.80 Å². The Hall–Kier alpha value is -2.84. The van der Waals surface area contributed by atoms with Gasteiger partial charge in [-0.1, -0.05) is 30.3 Å². The zero-order valence-electron chi connectivity index (χ0n) is 17.1. The lowest BCUT2D eigenvalue weighted by Gasteiger charge is -2.33. The first-order chi connectivity index (χ1) is 14.6. The summed E-state index contributed by atoms with van der Waals surface area (Å²) in [5, 5.41) is 12.0. The largest absolute Gasteiger partial charge is 0.361 e. The predicted molar refractivity (Wildman–Crippen MR) is 121 cm³/mol. The quantitative estimate of drug-likeness (QED) is 0.545. The van der Waals surface area contributed by atoms with Gasteiger partial charge in [0, 0.05) is 42.7 Å². The maximum atomic E-state index is 9.12. The highest BCUT2D eigenvalue weighted by molar-refractivity contribution is 6.28. The third kappa shape index (κ3) is 3.36. The summed E-state index contributed by atoms with van der Waals surface area (Å²) < 4.78 is 0. The fraction of sp³-hybridized carbons (Fsp3) is 0.375. The second-order valence-electron chi connectivity index (χ2n) is 8.36. The molecule has 3 aromatic rings. The number of nitriles is 1. The normalized spacial score (nSPS) is 18.5. The summed E-state index contributed by atoms with van der Waals surface area (Å²) in [5.41, 5.74) is 4.69. The molecule has 2 aromatic carbocycles. The summed E-state index contributed by atoms with van der Waals surface area (Å²) in [5.74, 6) is 1.35. The van der Waals surface area contributed by atoms with Crippen LogP contribution in [0.3, 0.4) is 0 Å². The molecule has 2 aliphatic rings. The van der Waals surface area contributed by atoms with E-state index in [1.807, 2.05) is 0 Å². The molecule has 0 radical (unpaired) electrons. The van der Waals surface area contributed by atoms with E-state index in [1.165, 1.54) is 27.6 Å². The van der Waals surface area contributed by atoms with Crippen LogP contribution in [0.5, 0.6) is 0 Å². The van der Waals surface area contributed by atoms with Gasteiger partial charge < -0.3 is 9.80 Å². The number of aromatic nitrogens is 2. The second kappa shape index (κ2) is 7.77. The SMILES string of the molecule is Cc1cccc2cccc(N3Cc4nc(Cl)nc(N5CCC[C@@H](CC#N)C5)c4C3)c12. The van der Waals surface area contributed by atoms with Crippen molar-refractivity contribution in [2.75, 3.05) is 22.9 Å². The molecule has 3 heterocycles. The van der Waals surface area contributed by atoms with Crippen molar-refractivity contribution in [1.82, 2.24) is 9.97 Å². The van der Waals surface area contributed by atoms with Crippen molar-refractivity contribution in [1.29, 1.82) is 5.26 Å². The summed E-state index contributed by atoms with van der Waals surface area (Å²) in [7, 11) is 0. The van der Waals surface area contributed by atoms with Crippen molar-refractivity contribution < 1.29 is 0 Å². The topological polar surface area (TPSA) is 56.1 Å². The van der Waals surface area contributed by atoms with Crippen LogP contribution in [0.4, 0.5) is 11.5 Å². The Morgan fingerprint density at radius 2 is 1.97 bits per heavy atom. The number of anilines is 2. The van der Waals surface area contributed by atoms with Crippen LogP contribution in [-0.2, 0) is 13.1 Å². The van der Waals surface area contributed by atoms with E-state index in [4.69, 9.17) is 16.9 Å². The minimum atomic E-state index is 0.308. The minimum absolute atomic E-state index is 0.308. The number of hydrogen-bond acceptors (Lipinski definition) is 5. The average Bonchev–Trinajstić information content (AvgIpc) is 3.17. The third-order valence-corrected chi connectivity index (χ3v) is 6.53. The van der Waals surface area contributed by atoms with Crippen LogP contribution in [0.15, 0.2) is 36.4 Å². The summed E-state index contributed by atoms with van der Waals surface area (Å²) in [6.07, 6.45) is 2.78. The van der Waals surface area contributed by atoms with Crippen LogP contribution in [-0.4, -0.2) is 23.1 Å². The highest BCUT2D eigenvalue weighted by Gasteiger charge is 2.30. The Balaban J connectivity index is 1.51. The lowest BCUT2D eigenvalue weighted by atomic mass is 9.95. The van der Waals surface area contributed by atoms with E-state index < -0.39 is 0 Å². The molecule has 1 fully saturated rings. The minimum Gasteiger partial charge on any atom is -0.361 e.